The van der Waals surface area contributed by atoms with Crippen molar-refractivity contribution in [3.8, 4) is 11.5 Å². The predicted molar refractivity (Wildman–Crippen MR) is 100 cm³/mol. The number of carbonyl (C=O) groups is 2. The lowest BCUT2D eigenvalue weighted by molar-refractivity contribution is -0.174. The van der Waals surface area contributed by atoms with E-state index in [1.54, 1.807) is 41.1 Å². The molecule has 1 unspecified atom stereocenters. The SMILES string of the molecule is COc1cc(CCNC(=O)OC(C)OC(=O)C(C)(C)C)c(OC)cc1Br. The molecule has 0 spiro atoms. The molecule has 0 radical (unpaired) electrons. The summed E-state index contributed by atoms with van der Waals surface area (Å²) in [7, 11) is 3.15. The maximum atomic E-state index is 11.8. The Bertz CT molecular complexity index is 641. The quantitative estimate of drug-likeness (QED) is 0.523. The van der Waals surface area contributed by atoms with Crippen LogP contribution in [0.3, 0.4) is 0 Å². The van der Waals surface area contributed by atoms with Crippen LogP contribution in [0.15, 0.2) is 16.6 Å². The van der Waals surface area contributed by atoms with Gasteiger partial charge in [-0.3, -0.25) is 4.79 Å². The molecule has 0 aliphatic rings. The first kappa shape index (κ1) is 22.1. The number of nitrogens with one attached hydrogen (secondary N) is 1. The second-order valence-electron chi connectivity index (χ2n) is 6.60. The van der Waals surface area contributed by atoms with E-state index in [1.807, 2.05) is 6.07 Å². The number of hydrogen-bond acceptors (Lipinski definition) is 6. The number of methoxy groups -OCH3 is 2. The molecule has 0 aliphatic carbocycles. The van der Waals surface area contributed by atoms with Crippen molar-refractivity contribution < 1.29 is 28.5 Å². The maximum Gasteiger partial charge on any atom is 0.410 e. The zero-order valence-corrected chi connectivity index (χ0v) is 17.6. The Kier molecular flexibility index (Phi) is 8.20. The lowest BCUT2D eigenvalue weighted by Crippen LogP contribution is -2.34. The van der Waals surface area contributed by atoms with Crippen LogP contribution in [0.25, 0.3) is 0 Å². The molecule has 0 bridgehead atoms. The topological polar surface area (TPSA) is 83.1 Å². The number of benzene rings is 1. The van der Waals surface area contributed by atoms with Gasteiger partial charge in [0.25, 0.3) is 0 Å². The zero-order valence-electron chi connectivity index (χ0n) is 16.0. The minimum absolute atomic E-state index is 0.319. The first-order valence-corrected chi connectivity index (χ1v) is 8.93. The lowest BCUT2D eigenvalue weighted by Gasteiger charge is -2.20. The minimum atomic E-state index is -0.968. The third-order valence-corrected chi connectivity index (χ3v) is 4.00. The van der Waals surface area contributed by atoms with E-state index in [9.17, 15) is 9.59 Å². The first-order valence-electron chi connectivity index (χ1n) is 8.14. The van der Waals surface area contributed by atoms with Crippen molar-refractivity contribution in [2.45, 2.75) is 40.4 Å². The number of esters is 1. The molecule has 1 aromatic carbocycles. The lowest BCUT2D eigenvalue weighted by atomic mass is 9.97. The summed E-state index contributed by atoms with van der Waals surface area (Å²) in [6, 6.07) is 3.64. The van der Waals surface area contributed by atoms with Crippen molar-refractivity contribution in [3.63, 3.8) is 0 Å². The molecule has 0 saturated carbocycles. The molecule has 1 aromatic rings. The zero-order chi connectivity index (χ0) is 19.9. The molecule has 146 valence electrons. The van der Waals surface area contributed by atoms with Gasteiger partial charge < -0.3 is 24.3 Å². The molecule has 0 fully saturated rings. The number of carbonyl (C=O) groups excluding carboxylic acids is 2. The van der Waals surface area contributed by atoms with Gasteiger partial charge in [0.1, 0.15) is 11.5 Å². The van der Waals surface area contributed by atoms with Gasteiger partial charge in [-0.15, -0.1) is 0 Å². The molecule has 0 aromatic heterocycles. The maximum absolute atomic E-state index is 11.8. The highest BCUT2D eigenvalue weighted by Crippen LogP contribution is 2.32. The van der Waals surface area contributed by atoms with Crippen LogP contribution in [-0.4, -0.2) is 39.1 Å². The first-order chi connectivity index (χ1) is 12.1. The molecule has 1 rings (SSSR count). The molecule has 26 heavy (non-hydrogen) atoms. The molecule has 0 aliphatic heterocycles. The molecule has 0 saturated heterocycles. The number of halogens is 1. The van der Waals surface area contributed by atoms with Crippen LogP contribution in [0.1, 0.15) is 33.3 Å². The predicted octanol–water partition coefficient (Wildman–Crippen LogP) is 3.67. The number of alkyl carbamates (subject to hydrolysis) is 1. The summed E-state index contributed by atoms with van der Waals surface area (Å²) in [6.07, 6.45) is -1.12. The Balaban J connectivity index is 2.53. The highest BCUT2D eigenvalue weighted by atomic mass is 79.9. The van der Waals surface area contributed by atoms with Gasteiger partial charge >= 0.3 is 12.1 Å². The summed E-state index contributed by atoms with van der Waals surface area (Å²) in [5, 5.41) is 2.62. The van der Waals surface area contributed by atoms with E-state index < -0.39 is 23.8 Å². The van der Waals surface area contributed by atoms with Gasteiger partial charge in [0, 0.05) is 13.5 Å². The highest BCUT2D eigenvalue weighted by molar-refractivity contribution is 9.10. The molecule has 1 atom stereocenters. The molecule has 0 heterocycles. The van der Waals surface area contributed by atoms with Gasteiger partial charge in [0.05, 0.1) is 24.1 Å². The van der Waals surface area contributed by atoms with E-state index in [2.05, 4.69) is 21.2 Å². The van der Waals surface area contributed by atoms with Gasteiger partial charge in [-0.05, 0) is 60.8 Å². The average molecular weight is 432 g/mol. The summed E-state index contributed by atoms with van der Waals surface area (Å²) < 4.78 is 21.5. The van der Waals surface area contributed by atoms with Crippen molar-refractivity contribution in [1.82, 2.24) is 5.32 Å². The van der Waals surface area contributed by atoms with Gasteiger partial charge in [-0.1, -0.05) is 0 Å². The number of rotatable bonds is 7. The molecule has 1 amide bonds. The van der Waals surface area contributed by atoms with E-state index in [1.165, 1.54) is 6.92 Å². The molecule has 7 nitrogen and oxygen atoms in total. The third kappa shape index (κ3) is 6.74. The number of amides is 1. The van der Waals surface area contributed by atoms with Crippen LogP contribution < -0.4 is 14.8 Å². The second kappa shape index (κ2) is 9.66. The van der Waals surface area contributed by atoms with Crippen LogP contribution in [0.5, 0.6) is 11.5 Å². The summed E-state index contributed by atoms with van der Waals surface area (Å²) in [5.74, 6) is 0.913. The molecular formula is C18H26BrNO6. The van der Waals surface area contributed by atoms with Gasteiger partial charge in [0.15, 0.2) is 0 Å². The Morgan fingerprint density at radius 3 is 2.27 bits per heavy atom. The fourth-order valence-electron chi connectivity index (χ4n) is 1.96. The number of hydrogen-bond donors (Lipinski definition) is 1. The molecule has 1 N–H and O–H groups in total. The average Bonchev–Trinajstić information content (AvgIpc) is 2.54. The monoisotopic (exact) mass is 431 g/mol. The fraction of sp³-hybridized carbons (Fsp3) is 0.556. The Labute approximate surface area is 162 Å². The summed E-state index contributed by atoms with van der Waals surface area (Å²) in [5.41, 5.74) is 0.214. The van der Waals surface area contributed by atoms with Crippen LogP contribution >= 0.6 is 15.9 Å². The van der Waals surface area contributed by atoms with Gasteiger partial charge in [0.2, 0.25) is 6.29 Å². The number of ether oxygens (including phenoxy) is 4. The van der Waals surface area contributed by atoms with Gasteiger partial charge in [-0.2, -0.15) is 0 Å². The fourth-order valence-corrected chi connectivity index (χ4v) is 2.45. The van der Waals surface area contributed by atoms with Crippen LogP contribution in [0, 0.1) is 5.41 Å². The molecular weight excluding hydrogens is 406 g/mol. The van der Waals surface area contributed by atoms with Crippen LogP contribution in [0.4, 0.5) is 4.79 Å². The largest absolute Gasteiger partial charge is 0.496 e. The van der Waals surface area contributed by atoms with Crippen molar-refractivity contribution >= 4 is 28.0 Å². The normalized spacial score (nSPS) is 12.1. The van der Waals surface area contributed by atoms with Crippen LogP contribution in [-0.2, 0) is 20.7 Å². The smallest absolute Gasteiger partial charge is 0.410 e. The van der Waals surface area contributed by atoms with E-state index >= 15 is 0 Å². The Morgan fingerprint density at radius 2 is 1.73 bits per heavy atom. The van der Waals surface area contributed by atoms with E-state index in [0.717, 1.165) is 10.0 Å². The molecule has 8 heteroatoms. The van der Waals surface area contributed by atoms with E-state index in [0.29, 0.717) is 24.5 Å². The third-order valence-electron chi connectivity index (χ3n) is 3.38. The standard InChI is InChI=1S/C18H26BrNO6/c1-11(25-16(21)18(2,3)4)26-17(22)20-8-7-12-9-15(24-6)13(19)10-14(12)23-5/h9-11H,7-8H2,1-6H3,(H,20,22). The summed E-state index contributed by atoms with van der Waals surface area (Å²) in [6.45, 7) is 6.98. The van der Waals surface area contributed by atoms with Crippen molar-refractivity contribution in [2.24, 2.45) is 5.41 Å². The van der Waals surface area contributed by atoms with Crippen molar-refractivity contribution in [2.75, 3.05) is 20.8 Å². The highest BCUT2D eigenvalue weighted by Gasteiger charge is 2.26. The summed E-state index contributed by atoms with van der Waals surface area (Å²) >= 11 is 3.40. The second-order valence-corrected chi connectivity index (χ2v) is 7.46. The summed E-state index contributed by atoms with van der Waals surface area (Å²) in [4.78, 5) is 23.6. The minimum Gasteiger partial charge on any atom is -0.496 e. The van der Waals surface area contributed by atoms with Crippen molar-refractivity contribution in [1.29, 1.82) is 0 Å². The van der Waals surface area contributed by atoms with Gasteiger partial charge in [-0.25, -0.2) is 4.79 Å². The Hall–Kier alpha value is -1.96. The van der Waals surface area contributed by atoms with E-state index in [-0.39, 0.29) is 0 Å². The van der Waals surface area contributed by atoms with E-state index in [4.69, 9.17) is 18.9 Å². The Morgan fingerprint density at radius 1 is 1.12 bits per heavy atom. The van der Waals surface area contributed by atoms with Crippen molar-refractivity contribution in [3.05, 3.63) is 22.2 Å². The van der Waals surface area contributed by atoms with Crippen LogP contribution in [0.2, 0.25) is 0 Å².